The molecule has 0 aromatic carbocycles. The van der Waals surface area contributed by atoms with E-state index in [1.165, 1.54) is 0 Å². The minimum absolute atomic E-state index is 0.00685. The van der Waals surface area contributed by atoms with E-state index >= 15 is 0 Å². The van der Waals surface area contributed by atoms with Gasteiger partial charge in [0.1, 0.15) is 5.78 Å². The van der Waals surface area contributed by atoms with E-state index < -0.39 is 0 Å². The highest BCUT2D eigenvalue weighted by atomic mass is 16.2. The third-order valence-electron chi connectivity index (χ3n) is 2.86. The van der Waals surface area contributed by atoms with E-state index in [0.717, 1.165) is 19.3 Å². The monoisotopic (exact) mass is 286 g/mol. The van der Waals surface area contributed by atoms with Crippen LogP contribution in [0.1, 0.15) is 26.2 Å². The van der Waals surface area contributed by atoms with Crippen LogP contribution in [0.2, 0.25) is 0 Å². The number of nitrogens with one attached hydrogen (secondary N) is 4. The molecule has 1 unspecified atom stereocenters. The molecule has 0 aliphatic rings. The summed E-state index contributed by atoms with van der Waals surface area (Å²) in [5.41, 5.74) is 0. The van der Waals surface area contributed by atoms with Gasteiger partial charge in [0.2, 0.25) is 11.8 Å². The summed E-state index contributed by atoms with van der Waals surface area (Å²) in [6.45, 7) is 2.31. The van der Waals surface area contributed by atoms with Crippen LogP contribution in [0.15, 0.2) is 0 Å². The van der Waals surface area contributed by atoms with Gasteiger partial charge in [-0.15, -0.1) is 0 Å². The van der Waals surface area contributed by atoms with Crippen molar-refractivity contribution in [2.24, 2.45) is 0 Å². The summed E-state index contributed by atoms with van der Waals surface area (Å²) in [5, 5.41) is 10.9. The van der Waals surface area contributed by atoms with Crippen LogP contribution in [0.25, 0.3) is 0 Å². The number of amides is 2. The molecule has 0 aliphatic heterocycles. The van der Waals surface area contributed by atoms with Gasteiger partial charge in [-0.25, -0.2) is 0 Å². The topological polar surface area (TPSA) is 99.3 Å². The lowest BCUT2D eigenvalue weighted by atomic mass is 10.1. The Morgan fingerprint density at radius 1 is 0.950 bits per heavy atom. The molecule has 7 nitrogen and oxygen atoms in total. The van der Waals surface area contributed by atoms with Crippen molar-refractivity contribution in [3.8, 4) is 0 Å². The van der Waals surface area contributed by atoms with Gasteiger partial charge in [0.05, 0.1) is 19.1 Å². The molecule has 0 saturated carbocycles. The average Bonchev–Trinajstić information content (AvgIpc) is 2.40. The first-order valence-corrected chi connectivity index (χ1v) is 6.87. The Labute approximate surface area is 120 Å². The van der Waals surface area contributed by atoms with Crippen LogP contribution < -0.4 is 21.3 Å². The maximum absolute atomic E-state index is 11.4. The molecule has 0 fully saturated rings. The van der Waals surface area contributed by atoms with E-state index in [9.17, 15) is 14.4 Å². The van der Waals surface area contributed by atoms with Gasteiger partial charge >= 0.3 is 0 Å². The van der Waals surface area contributed by atoms with Crippen LogP contribution in [-0.2, 0) is 14.4 Å². The molecule has 0 spiro atoms. The van der Waals surface area contributed by atoms with E-state index in [1.807, 2.05) is 0 Å². The van der Waals surface area contributed by atoms with Gasteiger partial charge in [0.15, 0.2) is 0 Å². The molecule has 20 heavy (non-hydrogen) atoms. The third-order valence-corrected chi connectivity index (χ3v) is 2.86. The lowest BCUT2D eigenvalue weighted by Crippen LogP contribution is -2.40. The smallest absolute Gasteiger partial charge is 0.239 e. The number of hydrogen-bond donors (Lipinski definition) is 4. The molecule has 0 saturated heterocycles. The van der Waals surface area contributed by atoms with Crippen LogP contribution in [0.4, 0.5) is 0 Å². The van der Waals surface area contributed by atoms with Gasteiger partial charge in [-0.05, 0) is 40.3 Å². The standard InChI is InChI=1S/C13H26N4O3/c1-10(18)11(15-3)6-4-5-7-16-13(20)9-17-12(19)8-14-2/h11,14-15H,4-9H2,1-3H3,(H,16,20)(H,17,19). The van der Waals surface area contributed by atoms with E-state index in [-0.39, 0.29) is 36.7 Å². The summed E-state index contributed by atoms with van der Waals surface area (Å²) in [7, 11) is 3.43. The fourth-order valence-electron chi connectivity index (χ4n) is 1.72. The van der Waals surface area contributed by atoms with Gasteiger partial charge in [-0.2, -0.15) is 0 Å². The predicted molar refractivity (Wildman–Crippen MR) is 77.3 cm³/mol. The highest BCUT2D eigenvalue weighted by Crippen LogP contribution is 2.00. The Morgan fingerprint density at radius 2 is 1.60 bits per heavy atom. The molecule has 0 radical (unpaired) electrons. The number of likely N-dealkylation sites (N-methyl/N-ethyl adjacent to an activating group) is 2. The molecule has 0 rings (SSSR count). The van der Waals surface area contributed by atoms with Crippen molar-refractivity contribution >= 4 is 17.6 Å². The number of carbonyl (C=O) groups excluding carboxylic acids is 3. The van der Waals surface area contributed by atoms with Gasteiger partial charge in [-0.1, -0.05) is 0 Å². The first kappa shape index (κ1) is 18.5. The Kier molecular flexibility index (Phi) is 10.5. The normalized spacial score (nSPS) is 11.8. The number of carbonyl (C=O) groups is 3. The number of ketones is 1. The van der Waals surface area contributed by atoms with Crippen molar-refractivity contribution in [1.82, 2.24) is 21.3 Å². The Balaban J connectivity index is 3.57. The first-order valence-electron chi connectivity index (χ1n) is 6.87. The fraction of sp³-hybridized carbons (Fsp3) is 0.769. The largest absolute Gasteiger partial charge is 0.355 e. The summed E-state index contributed by atoms with van der Waals surface area (Å²) in [4.78, 5) is 33.7. The summed E-state index contributed by atoms with van der Waals surface area (Å²) in [5.74, 6) is -0.282. The zero-order valence-electron chi connectivity index (χ0n) is 12.5. The maximum Gasteiger partial charge on any atom is 0.239 e. The predicted octanol–water partition coefficient (Wildman–Crippen LogP) is -1.21. The van der Waals surface area contributed by atoms with Gasteiger partial charge in [0, 0.05) is 6.54 Å². The van der Waals surface area contributed by atoms with Crippen LogP contribution in [0.5, 0.6) is 0 Å². The molecule has 0 heterocycles. The van der Waals surface area contributed by atoms with Gasteiger partial charge in [-0.3, -0.25) is 14.4 Å². The second kappa shape index (κ2) is 11.4. The Morgan fingerprint density at radius 3 is 2.15 bits per heavy atom. The number of Topliss-reactive ketones (excluding diaryl/α,β-unsaturated/α-hetero) is 1. The molecule has 0 bridgehead atoms. The Hall–Kier alpha value is -1.47. The molecule has 7 heteroatoms. The molecular weight excluding hydrogens is 260 g/mol. The van der Waals surface area contributed by atoms with Crippen molar-refractivity contribution in [3.05, 3.63) is 0 Å². The van der Waals surface area contributed by atoms with Gasteiger partial charge < -0.3 is 21.3 Å². The molecule has 0 aromatic heterocycles. The summed E-state index contributed by atoms with van der Waals surface area (Å²) >= 11 is 0. The molecule has 4 N–H and O–H groups in total. The van der Waals surface area contributed by atoms with E-state index in [4.69, 9.17) is 0 Å². The lowest BCUT2D eigenvalue weighted by molar-refractivity contribution is -0.125. The highest BCUT2D eigenvalue weighted by molar-refractivity contribution is 5.85. The van der Waals surface area contributed by atoms with E-state index in [2.05, 4.69) is 21.3 Å². The second-order valence-electron chi connectivity index (χ2n) is 4.60. The van der Waals surface area contributed by atoms with Crippen molar-refractivity contribution < 1.29 is 14.4 Å². The SMILES string of the molecule is CNCC(=O)NCC(=O)NCCCCC(NC)C(C)=O. The fourth-order valence-corrected chi connectivity index (χ4v) is 1.72. The van der Waals surface area contributed by atoms with Crippen molar-refractivity contribution in [1.29, 1.82) is 0 Å². The lowest BCUT2D eigenvalue weighted by Gasteiger charge is -2.12. The quantitative estimate of drug-likeness (QED) is 0.357. The minimum Gasteiger partial charge on any atom is -0.355 e. The minimum atomic E-state index is -0.207. The van der Waals surface area contributed by atoms with Crippen LogP contribution in [0.3, 0.4) is 0 Å². The maximum atomic E-state index is 11.4. The zero-order chi connectivity index (χ0) is 15.4. The van der Waals surface area contributed by atoms with Crippen molar-refractivity contribution in [2.45, 2.75) is 32.2 Å². The summed E-state index contributed by atoms with van der Waals surface area (Å²) in [6, 6.07) is -0.105. The average molecular weight is 286 g/mol. The molecule has 0 aliphatic carbocycles. The summed E-state index contributed by atoms with van der Waals surface area (Å²) in [6.07, 6.45) is 2.43. The number of rotatable bonds is 11. The zero-order valence-corrected chi connectivity index (χ0v) is 12.5. The first-order chi connectivity index (χ1) is 9.51. The van der Waals surface area contributed by atoms with Crippen LogP contribution >= 0.6 is 0 Å². The van der Waals surface area contributed by atoms with Crippen LogP contribution in [-0.4, -0.2) is 57.4 Å². The van der Waals surface area contributed by atoms with Crippen molar-refractivity contribution in [2.75, 3.05) is 33.7 Å². The van der Waals surface area contributed by atoms with E-state index in [0.29, 0.717) is 6.54 Å². The third kappa shape index (κ3) is 9.46. The molecule has 1 atom stereocenters. The van der Waals surface area contributed by atoms with E-state index in [1.54, 1.807) is 21.0 Å². The van der Waals surface area contributed by atoms with Crippen LogP contribution in [0, 0.1) is 0 Å². The molecule has 2 amide bonds. The highest BCUT2D eigenvalue weighted by Gasteiger charge is 2.10. The van der Waals surface area contributed by atoms with Crippen molar-refractivity contribution in [3.63, 3.8) is 0 Å². The van der Waals surface area contributed by atoms with Gasteiger partial charge in [0.25, 0.3) is 0 Å². The Bertz CT molecular complexity index is 321. The summed E-state index contributed by atoms with van der Waals surface area (Å²) < 4.78 is 0. The second-order valence-corrected chi connectivity index (χ2v) is 4.60. The number of unbranched alkanes of at least 4 members (excludes halogenated alkanes) is 1. The molecule has 116 valence electrons. The molecule has 0 aromatic rings. The molecular formula is C13H26N4O3. The number of hydrogen-bond acceptors (Lipinski definition) is 5.